The Morgan fingerprint density at radius 1 is 1.04 bits per heavy atom. The van der Waals surface area contributed by atoms with Gasteiger partial charge in [-0.05, 0) is 30.5 Å². The number of esters is 1. The second kappa shape index (κ2) is 8.24. The van der Waals surface area contributed by atoms with Crippen LogP contribution in [0.4, 0.5) is 5.69 Å². The first kappa shape index (κ1) is 17.7. The monoisotopic (exact) mass is 327 g/mol. The van der Waals surface area contributed by atoms with E-state index in [0.717, 1.165) is 12.0 Å². The molecule has 0 heterocycles. The highest BCUT2D eigenvalue weighted by Crippen LogP contribution is 2.28. The molecule has 2 aromatic carbocycles. The van der Waals surface area contributed by atoms with E-state index in [1.165, 1.54) is 24.3 Å². The van der Waals surface area contributed by atoms with Gasteiger partial charge in [-0.2, -0.15) is 0 Å². The topological polar surface area (TPSA) is 69.4 Å². The van der Waals surface area contributed by atoms with Gasteiger partial charge in [0.15, 0.2) is 0 Å². The van der Waals surface area contributed by atoms with Gasteiger partial charge in [0.2, 0.25) is 0 Å². The number of nitrogens with zero attached hydrogens (tertiary/aromatic N) is 1. The molecule has 0 saturated carbocycles. The van der Waals surface area contributed by atoms with Crippen molar-refractivity contribution in [1.29, 1.82) is 0 Å². The quantitative estimate of drug-likeness (QED) is 0.419. The third-order valence-corrected chi connectivity index (χ3v) is 4.09. The summed E-state index contributed by atoms with van der Waals surface area (Å²) in [5.74, 6) is -0.329. The van der Waals surface area contributed by atoms with Crippen LogP contribution in [0.3, 0.4) is 0 Å². The van der Waals surface area contributed by atoms with Crippen molar-refractivity contribution < 1.29 is 14.5 Å². The summed E-state index contributed by atoms with van der Waals surface area (Å²) in [4.78, 5) is 22.5. The number of rotatable bonds is 7. The van der Waals surface area contributed by atoms with Crippen LogP contribution in [0.1, 0.15) is 48.5 Å². The molecule has 0 saturated heterocycles. The molecule has 1 unspecified atom stereocenters. The van der Waals surface area contributed by atoms with Gasteiger partial charge in [-0.25, -0.2) is 4.79 Å². The smallest absolute Gasteiger partial charge is 0.338 e. The molecule has 2 atom stereocenters. The van der Waals surface area contributed by atoms with Crippen molar-refractivity contribution in [3.05, 3.63) is 75.8 Å². The van der Waals surface area contributed by atoms with Crippen LogP contribution in [0, 0.1) is 10.1 Å². The molecule has 0 amide bonds. The van der Waals surface area contributed by atoms with Crippen molar-refractivity contribution in [2.24, 2.45) is 0 Å². The lowest BCUT2D eigenvalue weighted by molar-refractivity contribution is -0.384. The predicted molar refractivity (Wildman–Crippen MR) is 92.1 cm³/mol. The largest absolute Gasteiger partial charge is 0.458 e. The standard InChI is InChI=1S/C19H21NO4/c1-3-17(14-8-6-5-7-9-14)18(4-2)24-19(21)15-10-12-16(13-11-15)20(22)23/h5-13,17-18H,3-4H2,1-2H3/t17?,18-/m0/s1. The molecule has 0 aliphatic rings. The molecule has 0 fully saturated rings. The predicted octanol–water partition coefficient (Wildman–Crippen LogP) is 4.72. The maximum absolute atomic E-state index is 12.4. The van der Waals surface area contributed by atoms with Crippen LogP contribution in [0.2, 0.25) is 0 Å². The fourth-order valence-electron chi connectivity index (χ4n) is 2.79. The van der Waals surface area contributed by atoms with Crippen LogP contribution in [-0.2, 0) is 4.74 Å². The first-order valence-electron chi connectivity index (χ1n) is 8.07. The number of hydrogen-bond acceptors (Lipinski definition) is 4. The molecule has 5 nitrogen and oxygen atoms in total. The maximum Gasteiger partial charge on any atom is 0.338 e. The first-order valence-corrected chi connectivity index (χ1v) is 8.07. The number of nitro groups is 1. The molecular formula is C19H21NO4. The lowest BCUT2D eigenvalue weighted by Gasteiger charge is -2.25. The molecule has 2 aromatic rings. The zero-order valence-electron chi connectivity index (χ0n) is 13.8. The number of benzene rings is 2. The van der Waals surface area contributed by atoms with Gasteiger partial charge in [0.1, 0.15) is 6.10 Å². The fraction of sp³-hybridized carbons (Fsp3) is 0.316. The maximum atomic E-state index is 12.4. The van der Waals surface area contributed by atoms with Crippen molar-refractivity contribution in [2.45, 2.75) is 38.7 Å². The first-order chi connectivity index (χ1) is 11.6. The molecule has 0 spiro atoms. The fourth-order valence-corrected chi connectivity index (χ4v) is 2.79. The highest BCUT2D eigenvalue weighted by Gasteiger charge is 2.24. The Morgan fingerprint density at radius 3 is 2.17 bits per heavy atom. The van der Waals surface area contributed by atoms with Gasteiger partial charge in [-0.3, -0.25) is 10.1 Å². The number of ether oxygens (including phenoxy) is 1. The summed E-state index contributed by atoms with van der Waals surface area (Å²) in [5, 5.41) is 10.7. The lowest BCUT2D eigenvalue weighted by Crippen LogP contribution is -2.25. The number of carbonyl (C=O) groups excluding carboxylic acids is 1. The van der Waals surface area contributed by atoms with E-state index in [1.54, 1.807) is 0 Å². The van der Waals surface area contributed by atoms with Crippen molar-refractivity contribution in [3.8, 4) is 0 Å². The second-order valence-electron chi connectivity index (χ2n) is 5.58. The van der Waals surface area contributed by atoms with Crippen LogP contribution >= 0.6 is 0 Å². The SMILES string of the molecule is CCC(c1ccccc1)[C@H](CC)OC(=O)c1ccc([N+](=O)[O-])cc1. The Hall–Kier alpha value is -2.69. The number of carbonyl (C=O) groups is 1. The molecule has 2 rings (SSSR count). The van der Waals surface area contributed by atoms with E-state index in [1.807, 2.05) is 37.3 Å². The number of hydrogen-bond donors (Lipinski definition) is 0. The minimum Gasteiger partial charge on any atom is -0.458 e. The van der Waals surface area contributed by atoms with E-state index in [9.17, 15) is 14.9 Å². The molecule has 0 aromatic heterocycles. The summed E-state index contributed by atoms with van der Waals surface area (Å²) in [5.41, 5.74) is 1.42. The summed E-state index contributed by atoms with van der Waals surface area (Å²) < 4.78 is 5.68. The molecule has 0 radical (unpaired) electrons. The molecule has 126 valence electrons. The minimum absolute atomic E-state index is 0.0469. The van der Waals surface area contributed by atoms with Crippen molar-refractivity contribution >= 4 is 11.7 Å². The van der Waals surface area contributed by atoms with E-state index in [-0.39, 0.29) is 17.7 Å². The zero-order valence-corrected chi connectivity index (χ0v) is 13.8. The number of nitro benzene ring substituents is 1. The van der Waals surface area contributed by atoms with E-state index < -0.39 is 10.9 Å². The average molecular weight is 327 g/mol. The summed E-state index contributed by atoms with van der Waals surface area (Å²) in [7, 11) is 0. The minimum atomic E-state index is -0.494. The van der Waals surface area contributed by atoms with Crippen LogP contribution in [0.5, 0.6) is 0 Å². The Morgan fingerprint density at radius 2 is 1.67 bits per heavy atom. The average Bonchev–Trinajstić information content (AvgIpc) is 2.62. The summed E-state index contributed by atoms with van der Waals surface area (Å²) >= 11 is 0. The van der Waals surface area contributed by atoms with Crippen molar-refractivity contribution in [2.75, 3.05) is 0 Å². The molecule has 5 heteroatoms. The van der Waals surface area contributed by atoms with Gasteiger partial charge in [0.25, 0.3) is 5.69 Å². The molecule has 0 aliphatic heterocycles. The van der Waals surface area contributed by atoms with Crippen LogP contribution in [0.15, 0.2) is 54.6 Å². The molecule has 0 N–H and O–H groups in total. The van der Waals surface area contributed by atoms with Gasteiger partial charge in [0, 0.05) is 18.1 Å². The normalized spacial score (nSPS) is 13.1. The van der Waals surface area contributed by atoms with E-state index in [4.69, 9.17) is 4.74 Å². The van der Waals surface area contributed by atoms with E-state index >= 15 is 0 Å². The molecule has 0 bridgehead atoms. The summed E-state index contributed by atoms with van der Waals surface area (Å²) in [6.07, 6.45) is 1.32. The van der Waals surface area contributed by atoms with Crippen molar-refractivity contribution in [1.82, 2.24) is 0 Å². The van der Waals surface area contributed by atoms with Gasteiger partial charge in [0.05, 0.1) is 10.5 Å². The highest BCUT2D eigenvalue weighted by atomic mass is 16.6. The number of non-ortho nitro benzene ring substituents is 1. The van der Waals surface area contributed by atoms with Gasteiger partial charge >= 0.3 is 5.97 Å². The van der Waals surface area contributed by atoms with Gasteiger partial charge in [-0.15, -0.1) is 0 Å². The van der Waals surface area contributed by atoms with Crippen LogP contribution in [0.25, 0.3) is 0 Å². The molecular weight excluding hydrogens is 306 g/mol. The summed E-state index contributed by atoms with van der Waals surface area (Å²) in [6, 6.07) is 15.5. The Bertz CT molecular complexity index is 682. The van der Waals surface area contributed by atoms with E-state index in [0.29, 0.717) is 12.0 Å². The van der Waals surface area contributed by atoms with Gasteiger partial charge < -0.3 is 4.74 Å². The lowest BCUT2D eigenvalue weighted by atomic mass is 9.89. The Kier molecular flexibility index (Phi) is 6.07. The third-order valence-electron chi connectivity index (χ3n) is 4.09. The Balaban J connectivity index is 2.13. The van der Waals surface area contributed by atoms with Crippen LogP contribution < -0.4 is 0 Å². The highest BCUT2D eigenvalue weighted by molar-refractivity contribution is 5.89. The van der Waals surface area contributed by atoms with Crippen molar-refractivity contribution in [3.63, 3.8) is 0 Å². The zero-order chi connectivity index (χ0) is 17.5. The Labute approximate surface area is 141 Å². The summed E-state index contributed by atoms with van der Waals surface area (Å²) in [6.45, 7) is 4.05. The van der Waals surface area contributed by atoms with Gasteiger partial charge in [-0.1, -0.05) is 44.2 Å². The third kappa shape index (κ3) is 4.19. The molecule has 24 heavy (non-hydrogen) atoms. The second-order valence-corrected chi connectivity index (χ2v) is 5.58. The van der Waals surface area contributed by atoms with E-state index in [2.05, 4.69) is 6.92 Å². The van der Waals surface area contributed by atoms with Crippen LogP contribution in [-0.4, -0.2) is 17.0 Å². The molecule has 0 aliphatic carbocycles.